The molecule has 0 saturated carbocycles. The first-order chi connectivity index (χ1) is 10.9. The standard InChI is InChI=1S/C16H18FN3O3/c1-18-3-5-20(6-4-18)14-8-13-10(7-12(14)17)15(21)11(16(22)23)9-19(13)2/h7-9H,3-6H2,1-2H3,(H,22,23). The monoisotopic (exact) mass is 319 g/mol. The van der Waals surface area contributed by atoms with Gasteiger partial charge in [-0.1, -0.05) is 0 Å². The zero-order chi connectivity index (χ0) is 16.7. The molecule has 1 aromatic heterocycles. The van der Waals surface area contributed by atoms with Gasteiger partial charge in [0.25, 0.3) is 0 Å². The fourth-order valence-corrected chi connectivity index (χ4v) is 2.93. The van der Waals surface area contributed by atoms with Crippen molar-refractivity contribution in [3.05, 3.63) is 39.9 Å². The summed E-state index contributed by atoms with van der Waals surface area (Å²) in [5, 5.41) is 9.17. The van der Waals surface area contributed by atoms with E-state index < -0.39 is 17.2 Å². The van der Waals surface area contributed by atoms with Gasteiger partial charge in [-0.05, 0) is 19.2 Å². The van der Waals surface area contributed by atoms with Crippen molar-refractivity contribution in [3.63, 3.8) is 0 Å². The van der Waals surface area contributed by atoms with Gasteiger partial charge in [0, 0.05) is 44.8 Å². The van der Waals surface area contributed by atoms with Crippen LogP contribution in [0, 0.1) is 5.82 Å². The lowest BCUT2D eigenvalue weighted by molar-refractivity contribution is 0.0695. The van der Waals surface area contributed by atoms with Gasteiger partial charge in [0.15, 0.2) is 0 Å². The first-order valence-corrected chi connectivity index (χ1v) is 7.38. The predicted octanol–water partition coefficient (Wildman–Crippen LogP) is 1.13. The first kappa shape index (κ1) is 15.5. The molecular formula is C16H18FN3O3. The van der Waals surface area contributed by atoms with Crippen molar-refractivity contribution in [3.8, 4) is 0 Å². The quantitative estimate of drug-likeness (QED) is 0.899. The Morgan fingerprint density at radius 2 is 1.83 bits per heavy atom. The SMILES string of the molecule is CN1CCN(c2cc3c(cc2F)c(=O)c(C(=O)O)cn3C)CC1. The molecule has 122 valence electrons. The molecule has 1 aliphatic rings. The van der Waals surface area contributed by atoms with Crippen LogP contribution >= 0.6 is 0 Å². The Bertz CT molecular complexity index is 839. The number of aromatic carboxylic acids is 1. The lowest BCUT2D eigenvalue weighted by atomic mass is 10.1. The van der Waals surface area contributed by atoms with E-state index in [0.717, 1.165) is 19.2 Å². The second kappa shape index (κ2) is 5.66. The zero-order valence-electron chi connectivity index (χ0n) is 13.0. The average molecular weight is 319 g/mol. The molecule has 3 rings (SSSR count). The maximum atomic E-state index is 14.5. The summed E-state index contributed by atoms with van der Waals surface area (Å²) in [5.41, 5.74) is -0.0415. The highest BCUT2D eigenvalue weighted by molar-refractivity contribution is 5.93. The third-order valence-electron chi connectivity index (χ3n) is 4.33. The Labute approximate surface area is 132 Å². The van der Waals surface area contributed by atoms with Crippen LogP contribution in [-0.4, -0.2) is 53.8 Å². The molecule has 0 amide bonds. The molecule has 6 nitrogen and oxygen atoms in total. The largest absolute Gasteiger partial charge is 0.477 e. The van der Waals surface area contributed by atoms with Gasteiger partial charge in [0.2, 0.25) is 5.43 Å². The molecule has 1 aromatic carbocycles. The normalized spacial score (nSPS) is 16.0. The molecule has 0 atom stereocenters. The molecule has 2 aromatic rings. The summed E-state index contributed by atoms with van der Waals surface area (Å²) in [7, 11) is 3.67. The fourth-order valence-electron chi connectivity index (χ4n) is 2.93. The number of hydrogen-bond acceptors (Lipinski definition) is 4. The zero-order valence-corrected chi connectivity index (χ0v) is 13.0. The van der Waals surface area contributed by atoms with Gasteiger partial charge in [-0.25, -0.2) is 9.18 Å². The van der Waals surface area contributed by atoms with Crippen molar-refractivity contribution >= 4 is 22.6 Å². The highest BCUT2D eigenvalue weighted by Gasteiger charge is 2.20. The molecule has 2 heterocycles. The number of hydrogen-bond donors (Lipinski definition) is 1. The van der Waals surface area contributed by atoms with E-state index in [4.69, 9.17) is 5.11 Å². The number of nitrogens with zero attached hydrogens (tertiary/aromatic N) is 3. The van der Waals surface area contributed by atoms with E-state index in [1.807, 2.05) is 11.9 Å². The van der Waals surface area contributed by atoms with Crippen LogP contribution in [0.5, 0.6) is 0 Å². The third-order valence-corrected chi connectivity index (χ3v) is 4.33. The molecule has 0 radical (unpaired) electrons. The third kappa shape index (κ3) is 2.68. The van der Waals surface area contributed by atoms with Crippen molar-refractivity contribution in [1.82, 2.24) is 9.47 Å². The lowest BCUT2D eigenvalue weighted by Crippen LogP contribution is -2.44. The number of anilines is 1. The van der Waals surface area contributed by atoms with E-state index in [9.17, 15) is 14.0 Å². The molecule has 23 heavy (non-hydrogen) atoms. The number of pyridine rings is 1. The van der Waals surface area contributed by atoms with Gasteiger partial charge in [0.05, 0.1) is 11.2 Å². The number of aryl methyl sites for hydroxylation is 1. The number of carboxylic acids is 1. The number of likely N-dealkylation sites (N-methyl/N-ethyl adjacent to an activating group) is 1. The number of fused-ring (bicyclic) bond motifs is 1. The number of aromatic nitrogens is 1. The number of benzene rings is 1. The molecule has 1 fully saturated rings. The highest BCUT2D eigenvalue weighted by Crippen LogP contribution is 2.25. The number of carboxylic acid groups (broad SMARTS) is 1. The minimum Gasteiger partial charge on any atom is -0.477 e. The van der Waals surface area contributed by atoms with Crippen molar-refractivity contribution in [2.24, 2.45) is 7.05 Å². The molecule has 1 N–H and O–H groups in total. The molecule has 0 spiro atoms. The maximum Gasteiger partial charge on any atom is 0.341 e. The maximum absolute atomic E-state index is 14.5. The fraction of sp³-hybridized carbons (Fsp3) is 0.375. The minimum absolute atomic E-state index is 0.0859. The van der Waals surface area contributed by atoms with Crippen LogP contribution in [0.4, 0.5) is 10.1 Å². The second-order valence-electron chi connectivity index (χ2n) is 5.90. The van der Waals surface area contributed by atoms with Crippen LogP contribution < -0.4 is 10.3 Å². The van der Waals surface area contributed by atoms with E-state index in [1.54, 1.807) is 17.7 Å². The molecule has 1 saturated heterocycles. The van der Waals surface area contributed by atoms with E-state index in [2.05, 4.69) is 4.90 Å². The van der Waals surface area contributed by atoms with Crippen LogP contribution in [0.25, 0.3) is 10.9 Å². The second-order valence-corrected chi connectivity index (χ2v) is 5.90. The molecule has 0 bridgehead atoms. The van der Waals surface area contributed by atoms with Crippen LogP contribution in [0.1, 0.15) is 10.4 Å². The van der Waals surface area contributed by atoms with Crippen LogP contribution in [0.15, 0.2) is 23.1 Å². The van der Waals surface area contributed by atoms with Gasteiger partial charge >= 0.3 is 5.97 Å². The Morgan fingerprint density at radius 1 is 1.17 bits per heavy atom. The van der Waals surface area contributed by atoms with Crippen LogP contribution in [0.3, 0.4) is 0 Å². The Hall–Kier alpha value is -2.41. The van der Waals surface area contributed by atoms with Crippen LogP contribution in [-0.2, 0) is 7.05 Å². The van der Waals surface area contributed by atoms with Gasteiger partial charge < -0.3 is 19.5 Å². The molecule has 0 unspecified atom stereocenters. The van der Waals surface area contributed by atoms with Crippen LogP contribution in [0.2, 0.25) is 0 Å². The molecule has 0 aliphatic carbocycles. The van der Waals surface area contributed by atoms with Crippen molar-refractivity contribution in [2.45, 2.75) is 0 Å². The number of piperazine rings is 1. The van der Waals surface area contributed by atoms with Gasteiger partial charge in [-0.2, -0.15) is 0 Å². The number of halogens is 1. The summed E-state index contributed by atoms with van der Waals surface area (Å²) in [5.74, 6) is -1.81. The lowest BCUT2D eigenvalue weighted by Gasteiger charge is -2.34. The number of rotatable bonds is 2. The number of carbonyl (C=O) groups is 1. The topological polar surface area (TPSA) is 65.8 Å². The highest BCUT2D eigenvalue weighted by atomic mass is 19.1. The smallest absolute Gasteiger partial charge is 0.341 e. The summed E-state index contributed by atoms with van der Waals surface area (Å²) in [4.78, 5) is 27.5. The summed E-state index contributed by atoms with van der Waals surface area (Å²) in [6.07, 6.45) is 1.28. The van der Waals surface area contributed by atoms with Gasteiger partial charge in [-0.15, -0.1) is 0 Å². The Morgan fingerprint density at radius 3 is 2.43 bits per heavy atom. The summed E-state index contributed by atoms with van der Waals surface area (Å²) in [6, 6.07) is 2.78. The summed E-state index contributed by atoms with van der Waals surface area (Å²) in [6.45, 7) is 3.10. The Balaban J connectivity index is 2.15. The van der Waals surface area contributed by atoms with Gasteiger partial charge in [-0.3, -0.25) is 4.79 Å². The van der Waals surface area contributed by atoms with Crippen molar-refractivity contribution in [2.75, 3.05) is 38.1 Å². The minimum atomic E-state index is -1.31. The Kier molecular flexibility index (Phi) is 3.81. The van der Waals surface area contributed by atoms with Gasteiger partial charge in [0.1, 0.15) is 11.4 Å². The van der Waals surface area contributed by atoms with E-state index in [-0.39, 0.29) is 10.9 Å². The molecule has 1 aliphatic heterocycles. The first-order valence-electron chi connectivity index (χ1n) is 7.38. The van der Waals surface area contributed by atoms with E-state index in [1.165, 1.54) is 6.20 Å². The molecule has 7 heteroatoms. The van der Waals surface area contributed by atoms with E-state index in [0.29, 0.717) is 24.3 Å². The van der Waals surface area contributed by atoms with Crippen molar-refractivity contribution in [1.29, 1.82) is 0 Å². The van der Waals surface area contributed by atoms with E-state index >= 15 is 0 Å². The summed E-state index contributed by atoms with van der Waals surface area (Å²) < 4.78 is 16.0. The predicted molar refractivity (Wildman–Crippen MR) is 85.8 cm³/mol. The molecular weight excluding hydrogens is 301 g/mol. The summed E-state index contributed by atoms with van der Waals surface area (Å²) >= 11 is 0. The average Bonchev–Trinajstić information content (AvgIpc) is 2.51. The van der Waals surface area contributed by atoms with Crippen molar-refractivity contribution < 1.29 is 14.3 Å².